The minimum Gasteiger partial charge on any atom is -0.479 e. The molecule has 0 fully saturated rings. The van der Waals surface area contributed by atoms with Crippen LogP contribution in [0, 0.1) is 24.1 Å². The number of rotatable bonds is 9. The fourth-order valence-corrected chi connectivity index (χ4v) is 4.29. The van der Waals surface area contributed by atoms with Gasteiger partial charge in [-0.25, -0.2) is 18.2 Å². The summed E-state index contributed by atoms with van der Waals surface area (Å²) in [5, 5.41) is 12.4. The minimum atomic E-state index is -4.15. The van der Waals surface area contributed by atoms with Gasteiger partial charge in [0.05, 0.1) is 16.8 Å². The van der Waals surface area contributed by atoms with Crippen molar-refractivity contribution >= 4 is 27.8 Å². The van der Waals surface area contributed by atoms with Gasteiger partial charge in [0.25, 0.3) is 15.9 Å². The lowest BCUT2D eigenvalue weighted by Crippen LogP contribution is -2.39. The van der Waals surface area contributed by atoms with Crippen LogP contribution < -0.4 is 14.5 Å². The molecule has 0 saturated heterocycles. The maximum absolute atomic E-state index is 13.3. The van der Waals surface area contributed by atoms with Crippen LogP contribution in [0.1, 0.15) is 11.1 Å². The Morgan fingerprint density at radius 3 is 2.35 bits per heavy atom. The van der Waals surface area contributed by atoms with E-state index in [4.69, 9.17) is 10.00 Å². The van der Waals surface area contributed by atoms with E-state index in [1.54, 1.807) is 48.5 Å². The van der Waals surface area contributed by atoms with E-state index >= 15 is 0 Å². The van der Waals surface area contributed by atoms with Crippen molar-refractivity contribution in [2.75, 3.05) is 17.5 Å². The molecule has 0 bridgehead atoms. The summed E-state index contributed by atoms with van der Waals surface area (Å²) in [6.45, 7) is 1.25. The zero-order chi connectivity index (χ0) is 24.6. The molecule has 0 atom stereocenters. The summed E-state index contributed by atoms with van der Waals surface area (Å²) in [7, 11) is -4.15. The SMILES string of the molecule is Cc1ccc(N(CC(=O)N/N=C\c2ccc(OCC#N)cc2)S(=O)(=O)c2ccc(F)cc2)cc1. The van der Waals surface area contributed by atoms with Crippen molar-refractivity contribution < 1.29 is 22.3 Å². The van der Waals surface area contributed by atoms with Crippen LogP contribution in [-0.2, 0) is 14.8 Å². The number of hydrogen-bond donors (Lipinski definition) is 1. The van der Waals surface area contributed by atoms with Crippen LogP contribution in [0.25, 0.3) is 0 Å². The van der Waals surface area contributed by atoms with Gasteiger partial charge in [0.1, 0.15) is 24.2 Å². The molecule has 1 amide bonds. The first-order valence-electron chi connectivity index (χ1n) is 10.1. The monoisotopic (exact) mass is 480 g/mol. The fraction of sp³-hybridized carbons (Fsp3) is 0.125. The second-order valence-corrected chi connectivity index (χ2v) is 8.97. The molecule has 0 aliphatic heterocycles. The molecule has 0 aromatic heterocycles. The topological polar surface area (TPSA) is 112 Å². The Labute approximate surface area is 197 Å². The first-order chi connectivity index (χ1) is 16.3. The highest BCUT2D eigenvalue weighted by Crippen LogP contribution is 2.24. The standard InChI is InChI=1S/C24H21FN4O4S/c1-18-2-8-21(9-3-18)29(34(31,32)23-12-6-20(25)7-13-23)17-24(30)28-27-16-19-4-10-22(11-5-19)33-15-14-26/h2-13,16H,15,17H2,1H3,(H,28,30)/b27-16-. The summed E-state index contributed by atoms with van der Waals surface area (Å²) < 4.78 is 45.8. The summed E-state index contributed by atoms with van der Waals surface area (Å²) >= 11 is 0. The summed E-state index contributed by atoms with van der Waals surface area (Å²) in [6.07, 6.45) is 1.39. The molecule has 3 aromatic rings. The molecule has 0 unspecified atom stereocenters. The molecule has 0 aliphatic carbocycles. The number of nitriles is 1. The highest BCUT2D eigenvalue weighted by atomic mass is 32.2. The molecule has 8 nitrogen and oxygen atoms in total. The van der Waals surface area contributed by atoms with Crippen LogP contribution in [0.2, 0.25) is 0 Å². The summed E-state index contributed by atoms with van der Waals surface area (Å²) in [4.78, 5) is 12.4. The largest absolute Gasteiger partial charge is 0.479 e. The van der Waals surface area contributed by atoms with Gasteiger partial charge in [-0.3, -0.25) is 9.10 Å². The van der Waals surface area contributed by atoms with Crippen molar-refractivity contribution in [1.29, 1.82) is 5.26 Å². The van der Waals surface area contributed by atoms with Crippen LogP contribution in [-0.4, -0.2) is 33.7 Å². The Bertz CT molecular complexity index is 1300. The van der Waals surface area contributed by atoms with E-state index in [0.717, 1.165) is 34.1 Å². The molecule has 10 heteroatoms. The number of benzene rings is 3. The number of sulfonamides is 1. The second kappa shape index (κ2) is 11.1. The van der Waals surface area contributed by atoms with E-state index in [1.807, 2.05) is 13.0 Å². The predicted octanol–water partition coefficient (Wildman–Crippen LogP) is 3.38. The molecular weight excluding hydrogens is 459 g/mol. The summed E-state index contributed by atoms with van der Waals surface area (Å²) in [5.74, 6) is -0.725. The highest BCUT2D eigenvalue weighted by molar-refractivity contribution is 7.92. The Morgan fingerprint density at radius 2 is 1.74 bits per heavy atom. The van der Waals surface area contributed by atoms with Crippen LogP contribution in [0.3, 0.4) is 0 Å². The zero-order valence-corrected chi connectivity index (χ0v) is 19.0. The number of ether oxygens (including phenoxy) is 1. The number of aryl methyl sites for hydroxylation is 1. The second-order valence-electron chi connectivity index (χ2n) is 7.11. The lowest BCUT2D eigenvalue weighted by molar-refractivity contribution is -0.119. The average molecular weight is 481 g/mol. The molecule has 0 saturated carbocycles. The first-order valence-corrected chi connectivity index (χ1v) is 11.5. The lowest BCUT2D eigenvalue weighted by atomic mass is 10.2. The van der Waals surface area contributed by atoms with Crippen LogP contribution in [0.4, 0.5) is 10.1 Å². The number of carbonyl (C=O) groups is 1. The third kappa shape index (κ3) is 6.40. The van der Waals surface area contributed by atoms with E-state index in [-0.39, 0.29) is 17.2 Å². The zero-order valence-electron chi connectivity index (χ0n) is 18.2. The van der Waals surface area contributed by atoms with Crippen molar-refractivity contribution in [2.24, 2.45) is 5.10 Å². The number of amides is 1. The van der Waals surface area contributed by atoms with E-state index in [0.29, 0.717) is 11.3 Å². The van der Waals surface area contributed by atoms with Crippen molar-refractivity contribution in [3.8, 4) is 11.8 Å². The van der Waals surface area contributed by atoms with Gasteiger partial charge in [-0.05, 0) is 73.2 Å². The summed E-state index contributed by atoms with van der Waals surface area (Å²) in [5.41, 5.74) is 4.16. The first kappa shape index (κ1) is 24.4. The highest BCUT2D eigenvalue weighted by Gasteiger charge is 2.27. The van der Waals surface area contributed by atoms with Gasteiger partial charge in [0, 0.05) is 0 Å². The van der Waals surface area contributed by atoms with Crippen LogP contribution in [0.15, 0.2) is 82.8 Å². The fourth-order valence-electron chi connectivity index (χ4n) is 2.87. The van der Waals surface area contributed by atoms with E-state index in [9.17, 15) is 17.6 Å². The number of hydrogen-bond acceptors (Lipinski definition) is 6. The van der Waals surface area contributed by atoms with E-state index < -0.39 is 28.3 Å². The van der Waals surface area contributed by atoms with Gasteiger partial charge in [0.15, 0.2) is 6.61 Å². The number of halogens is 1. The molecule has 0 heterocycles. The molecule has 174 valence electrons. The van der Waals surface area contributed by atoms with Crippen molar-refractivity contribution in [3.63, 3.8) is 0 Å². The quantitative estimate of drug-likeness (QED) is 0.373. The normalized spacial score (nSPS) is 11.1. The molecule has 3 aromatic carbocycles. The average Bonchev–Trinajstić information content (AvgIpc) is 2.83. The number of carbonyl (C=O) groups excluding carboxylic acids is 1. The van der Waals surface area contributed by atoms with Gasteiger partial charge in [-0.15, -0.1) is 0 Å². The Kier molecular flexibility index (Phi) is 7.95. The van der Waals surface area contributed by atoms with Gasteiger partial charge >= 0.3 is 0 Å². The van der Waals surface area contributed by atoms with Gasteiger partial charge in [-0.1, -0.05) is 17.7 Å². The maximum Gasteiger partial charge on any atom is 0.264 e. The van der Waals surface area contributed by atoms with Gasteiger partial charge in [-0.2, -0.15) is 10.4 Å². The van der Waals surface area contributed by atoms with E-state index in [2.05, 4.69) is 10.5 Å². The van der Waals surface area contributed by atoms with Gasteiger partial charge < -0.3 is 4.74 Å². The molecule has 1 N–H and O–H groups in total. The Morgan fingerprint density at radius 1 is 1.09 bits per heavy atom. The van der Waals surface area contributed by atoms with Gasteiger partial charge in [0.2, 0.25) is 0 Å². The molecular formula is C24H21FN4O4S. The summed E-state index contributed by atoms with van der Waals surface area (Å²) in [6, 6.07) is 19.5. The smallest absolute Gasteiger partial charge is 0.264 e. The molecule has 0 spiro atoms. The molecule has 3 rings (SSSR count). The maximum atomic E-state index is 13.3. The molecule has 34 heavy (non-hydrogen) atoms. The Hall–Kier alpha value is -4.23. The predicted molar refractivity (Wildman–Crippen MR) is 125 cm³/mol. The number of hydrazone groups is 1. The minimum absolute atomic E-state index is 0.0677. The lowest BCUT2D eigenvalue weighted by Gasteiger charge is -2.23. The van der Waals surface area contributed by atoms with Crippen molar-refractivity contribution in [2.45, 2.75) is 11.8 Å². The number of nitrogens with one attached hydrogen (secondary N) is 1. The number of anilines is 1. The number of nitrogens with zero attached hydrogens (tertiary/aromatic N) is 3. The molecule has 0 aliphatic rings. The molecule has 0 radical (unpaired) electrons. The third-order valence-electron chi connectivity index (χ3n) is 4.60. The van der Waals surface area contributed by atoms with Crippen LogP contribution >= 0.6 is 0 Å². The Balaban J connectivity index is 1.75. The third-order valence-corrected chi connectivity index (χ3v) is 6.39. The van der Waals surface area contributed by atoms with Crippen molar-refractivity contribution in [1.82, 2.24) is 5.43 Å². The van der Waals surface area contributed by atoms with Crippen LogP contribution in [0.5, 0.6) is 5.75 Å². The van der Waals surface area contributed by atoms with Crippen molar-refractivity contribution in [3.05, 3.63) is 89.7 Å². The van der Waals surface area contributed by atoms with E-state index in [1.165, 1.54) is 6.21 Å².